The lowest BCUT2D eigenvalue weighted by molar-refractivity contribution is -0.135. The zero-order chi connectivity index (χ0) is 19.0. The first kappa shape index (κ1) is 17.1. The molecule has 0 amide bonds. The molecular formula is C20H17NO6. The highest BCUT2D eigenvalue weighted by atomic mass is 16.5. The summed E-state index contributed by atoms with van der Waals surface area (Å²) in [6.45, 7) is 2.09. The van der Waals surface area contributed by atoms with Crippen LogP contribution < -0.4 is 15.0 Å². The lowest BCUT2D eigenvalue weighted by Crippen LogP contribution is -2.31. The summed E-state index contributed by atoms with van der Waals surface area (Å²) in [7, 11) is 0. The van der Waals surface area contributed by atoms with Gasteiger partial charge in [0.25, 0.3) is 5.56 Å². The van der Waals surface area contributed by atoms with E-state index < -0.39 is 23.4 Å². The van der Waals surface area contributed by atoms with E-state index in [-0.39, 0.29) is 36.5 Å². The third-order valence-electron chi connectivity index (χ3n) is 4.61. The van der Waals surface area contributed by atoms with Crippen molar-refractivity contribution in [2.75, 3.05) is 13.2 Å². The maximum atomic E-state index is 12.5. The fourth-order valence-corrected chi connectivity index (χ4v) is 3.39. The van der Waals surface area contributed by atoms with Gasteiger partial charge in [-0.05, 0) is 24.6 Å². The second-order valence-electron chi connectivity index (χ2n) is 6.27. The number of H-pyrrole nitrogens is 1. The van der Waals surface area contributed by atoms with E-state index in [0.29, 0.717) is 0 Å². The van der Waals surface area contributed by atoms with Crippen LogP contribution in [-0.4, -0.2) is 30.1 Å². The number of carbonyl (C=O) groups excluding carboxylic acids is 2. The topological polar surface area (TPSA) is 94.7 Å². The third kappa shape index (κ3) is 3.01. The molecule has 2 aliphatic heterocycles. The molecule has 0 saturated heterocycles. The first-order valence-corrected chi connectivity index (χ1v) is 8.64. The van der Waals surface area contributed by atoms with Crippen LogP contribution in [0.2, 0.25) is 0 Å². The Morgan fingerprint density at radius 1 is 1.30 bits per heavy atom. The Hall–Kier alpha value is -3.35. The molecule has 3 heterocycles. The van der Waals surface area contributed by atoms with Crippen LogP contribution in [0, 0.1) is 0 Å². The molecule has 0 fully saturated rings. The first-order valence-electron chi connectivity index (χ1n) is 8.64. The van der Waals surface area contributed by atoms with Crippen molar-refractivity contribution < 1.29 is 23.8 Å². The van der Waals surface area contributed by atoms with Gasteiger partial charge in [0.2, 0.25) is 0 Å². The van der Waals surface area contributed by atoms with Crippen molar-refractivity contribution >= 4 is 18.0 Å². The standard InChI is InChI=1S/C20H17NO6/c1-2-25-20(24)14-9-21-19(23)17-13(8-16(22)27-18(14)17)12-7-11-5-3-4-6-15(11)26-10-12/h3-7,9,13H,2,8,10H2,1H3,(H,21,23)/t13-/m0/s1. The van der Waals surface area contributed by atoms with E-state index in [0.717, 1.165) is 16.9 Å². The summed E-state index contributed by atoms with van der Waals surface area (Å²) in [6, 6.07) is 7.52. The number of carbonyl (C=O) groups is 2. The third-order valence-corrected chi connectivity index (χ3v) is 4.61. The Kier molecular flexibility index (Phi) is 4.27. The Morgan fingerprint density at radius 2 is 2.11 bits per heavy atom. The number of aromatic nitrogens is 1. The number of fused-ring (bicyclic) bond motifs is 2. The summed E-state index contributed by atoms with van der Waals surface area (Å²) in [5, 5.41) is 0. The van der Waals surface area contributed by atoms with Crippen molar-refractivity contribution in [3.8, 4) is 11.5 Å². The molecule has 0 bridgehead atoms. The number of para-hydroxylation sites is 1. The Balaban J connectivity index is 1.84. The SMILES string of the molecule is CCOC(=O)c1c[nH]c(=O)c2c1OC(=O)C[C@H]2C1=Cc2ccccc2OC1. The molecule has 0 radical (unpaired) electrons. The predicted octanol–water partition coefficient (Wildman–Crippen LogP) is 2.42. The zero-order valence-electron chi connectivity index (χ0n) is 14.6. The molecule has 138 valence electrons. The number of pyridine rings is 1. The molecular weight excluding hydrogens is 350 g/mol. The summed E-state index contributed by atoms with van der Waals surface area (Å²) >= 11 is 0. The second-order valence-corrected chi connectivity index (χ2v) is 6.27. The number of benzene rings is 1. The number of hydrogen-bond donors (Lipinski definition) is 1. The van der Waals surface area contributed by atoms with Gasteiger partial charge in [-0.25, -0.2) is 4.79 Å². The lowest BCUT2D eigenvalue weighted by Gasteiger charge is -2.29. The van der Waals surface area contributed by atoms with E-state index in [9.17, 15) is 14.4 Å². The van der Waals surface area contributed by atoms with E-state index in [2.05, 4.69) is 4.98 Å². The maximum absolute atomic E-state index is 12.5. The van der Waals surface area contributed by atoms with Crippen LogP contribution >= 0.6 is 0 Å². The summed E-state index contributed by atoms with van der Waals surface area (Å²) in [5.41, 5.74) is 1.52. The molecule has 1 aromatic carbocycles. The van der Waals surface area contributed by atoms with Crippen LogP contribution in [-0.2, 0) is 9.53 Å². The van der Waals surface area contributed by atoms with Gasteiger partial charge in [-0.15, -0.1) is 0 Å². The second kappa shape index (κ2) is 6.75. The van der Waals surface area contributed by atoms with Crippen LogP contribution in [0.5, 0.6) is 11.5 Å². The maximum Gasteiger partial charge on any atom is 0.343 e. The molecule has 7 heteroatoms. The molecule has 1 atom stereocenters. The minimum absolute atomic E-state index is 0.000279. The molecule has 27 heavy (non-hydrogen) atoms. The van der Waals surface area contributed by atoms with E-state index in [4.69, 9.17) is 14.2 Å². The van der Waals surface area contributed by atoms with Crippen LogP contribution in [0.15, 0.2) is 40.8 Å². The molecule has 4 rings (SSSR count). The number of nitrogens with one attached hydrogen (secondary N) is 1. The highest BCUT2D eigenvalue weighted by Gasteiger charge is 2.36. The average molecular weight is 367 g/mol. The van der Waals surface area contributed by atoms with Gasteiger partial charge in [0.1, 0.15) is 17.9 Å². The molecule has 0 aliphatic carbocycles. The zero-order valence-corrected chi connectivity index (χ0v) is 14.6. The van der Waals surface area contributed by atoms with E-state index >= 15 is 0 Å². The van der Waals surface area contributed by atoms with Gasteiger partial charge in [-0.2, -0.15) is 0 Å². The van der Waals surface area contributed by atoms with Gasteiger partial charge in [0.15, 0.2) is 5.75 Å². The lowest BCUT2D eigenvalue weighted by atomic mass is 9.84. The smallest absolute Gasteiger partial charge is 0.343 e. The molecule has 2 aromatic rings. The van der Waals surface area contributed by atoms with E-state index in [1.54, 1.807) is 6.92 Å². The van der Waals surface area contributed by atoms with Crippen molar-refractivity contribution in [2.24, 2.45) is 0 Å². The van der Waals surface area contributed by atoms with Gasteiger partial charge in [0, 0.05) is 17.7 Å². The van der Waals surface area contributed by atoms with Crippen LogP contribution in [0.25, 0.3) is 6.08 Å². The van der Waals surface area contributed by atoms with Crippen LogP contribution in [0.3, 0.4) is 0 Å². The molecule has 0 saturated carbocycles. The average Bonchev–Trinajstić information content (AvgIpc) is 2.67. The molecule has 0 spiro atoms. The van der Waals surface area contributed by atoms with Gasteiger partial charge >= 0.3 is 11.9 Å². The monoisotopic (exact) mass is 367 g/mol. The summed E-state index contributed by atoms with van der Waals surface area (Å²) in [5.74, 6) is -0.985. The fourth-order valence-electron chi connectivity index (χ4n) is 3.39. The normalized spacial score (nSPS) is 17.7. The quantitative estimate of drug-likeness (QED) is 0.837. The summed E-state index contributed by atoms with van der Waals surface area (Å²) in [6.07, 6.45) is 3.14. The molecule has 1 aromatic heterocycles. The van der Waals surface area contributed by atoms with Crippen molar-refractivity contribution in [1.29, 1.82) is 0 Å². The van der Waals surface area contributed by atoms with Crippen LogP contribution in [0.4, 0.5) is 0 Å². The number of hydrogen-bond acceptors (Lipinski definition) is 6. The Morgan fingerprint density at radius 3 is 2.93 bits per heavy atom. The van der Waals surface area contributed by atoms with Crippen molar-refractivity contribution in [1.82, 2.24) is 4.98 Å². The highest BCUT2D eigenvalue weighted by molar-refractivity contribution is 5.95. The molecule has 1 N–H and O–H groups in total. The number of rotatable bonds is 3. The minimum Gasteiger partial charge on any atom is -0.489 e. The summed E-state index contributed by atoms with van der Waals surface area (Å²) in [4.78, 5) is 39.5. The highest BCUT2D eigenvalue weighted by Crippen LogP contribution is 2.41. The molecule has 7 nitrogen and oxygen atoms in total. The van der Waals surface area contributed by atoms with E-state index in [1.165, 1.54) is 6.20 Å². The predicted molar refractivity (Wildman–Crippen MR) is 95.9 cm³/mol. The Labute approximate surface area is 154 Å². The van der Waals surface area contributed by atoms with Crippen molar-refractivity contribution in [3.63, 3.8) is 0 Å². The summed E-state index contributed by atoms with van der Waals surface area (Å²) < 4.78 is 16.1. The number of esters is 2. The first-order chi connectivity index (χ1) is 13.1. The van der Waals surface area contributed by atoms with Gasteiger partial charge in [-0.3, -0.25) is 9.59 Å². The van der Waals surface area contributed by atoms with Gasteiger partial charge in [0.05, 0.1) is 18.6 Å². The van der Waals surface area contributed by atoms with Crippen LogP contribution in [0.1, 0.15) is 40.7 Å². The Bertz CT molecular complexity index is 1020. The fraction of sp³-hybridized carbons (Fsp3) is 0.250. The van der Waals surface area contributed by atoms with Crippen molar-refractivity contribution in [2.45, 2.75) is 19.3 Å². The van der Waals surface area contributed by atoms with Gasteiger partial charge in [-0.1, -0.05) is 18.2 Å². The molecule has 2 aliphatic rings. The number of ether oxygens (including phenoxy) is 3. The molecule has 0 unspecified atom stereocenters. The number of aromatic amines is 1. The minimum atomic E-state index is -0.655. The van der Waals surface area contributed by atoms with Gasteiger partial charge < -0.3 is 19.2 Å². The van der Waals surface area contributed by atoms with Crippen molar-refractivity contribution in [3.05, 3.63) is 63.1 Å². The largest absolute Gasteiger partial charge is 0.489 e. The van der Waals surface area contributed by atoms with E-state index in [1.807, 2.05) is 30.3 Å².